The lowest BCUT2D eigenvalue weighted by Crippen LogP contribution is -2.24. The fourth-order valence-corrected chi connectivity index (χ4v) is 2.08. The van der Waals surface area contributed by atoms with Gasteiger partial charge in [-0.15, -0.1) is 5.10 Å². The van der Waals surface area contributed by atoms with Crippen molar-refractivity contribution in [3.63, 3.8) is 0 Å². The Morgan fingerprint density at radius 1 is 1.50 bits per heavy atom. The Morgan fingerprint density at radius 2 is 2.28 bits per heavy atom. The van der Waals surface area contributed by atoms with E-state index in [2.05, 4.69) is 45.2 Å². The molecule has 0 aliphatic carbocycles. The van der Waals surface area contributed by atoms with E-state index >= 15 is 0 Å². The zero-order valence-electron chi connectivity index (χ0n) is 10.5. The predicted molar refractivity (Wildman–Crippen MR) is 74.7 cm³/mol. The van der Waals surface area contributed by atoms with Crippen LogP contribution >= 0.6 is 15.9 Å². The number of anilines is 1. The molecule has 2 rings (SSSR count). The molecule has 0 unspecified atom stereocenters. The lowest BCUT2D eigenvalue weighted by atomic mass is 9.90. The van der Waals surface area contributed by atoms with Crippen LogP contribution in [0.3, 0.4) is 0 Å². The number of nitrogens with one attached hydrogen (secondary N) is 1. The molecule has 0 saturated heterocycles. The van der Waals surface area contributed by atoms with E-state index in [1.165, 1.54) is 0 Å². The maximum Gasteiger partial charge on any atom is 0.243 e. The third kappa shape index (κ3) is 3.00. The molecule has 0 fully saturated rings. The molecule has 2 N–H and O–H groups in total. The quantitative estimate of drug-likeness (QED) is 0.889. The summed E-state index contributed by atoms with van der Waals surface area (Å²) in [6.07, 6.45) is 2.61. The highest BCUT2D eigenvalue weighted by atomic mass is 79.9. The first-order valence-corrected chi connectivity index (χ1v) is 6.67. The number of aliphatic hydroxyl groups is 1. The van der Waals surface area contributed by atoms with Crippen molar-refractivity contribution in [2.75, 3.05) is 18.5 Å². The monoisotopic (exact) mass is 312 g/mol. The number of aliphatic hydroxyl groups excluding tert-OH is 1. The molecular weight excluding hydrogens is 296 g/mol. The molecule has 98 valence electrons. The number of rotatable bonds is 5. The van der Waals surface area contributed by atoms with Gasteiger partial charge in [0.1, 0.15) is 0 Å². The molecular formula is C12H17BrN4O. The smallest absolute Gasteiger partial charge is 0.243 e. The van der Waals surface area contributed by atoms with Gasteiger partial charge in [0.2, 0.25) is 5.95 Å². The van der Waals surface area contributed by atoms with Crippen molar-refractivity contribution in [3.05, 3.63) is 22.8 Å². The summed E-state index contributed by atoms with van der Waals surface area (Å²) in [6.45, 7) is 5.12. The molecule has 0 aliphatic rings. The maximum absolute atomic E-state index is 8.98. The summed E-state index contributed by atoms with van der Waals surface area (Å²) in [7, 11) is 0. The van der Waals surface area contributed by atoms with Crippen LogP contribution in [0.4, 0.5) is 5.95 Å². The number of aromatic nitrogens is 3. The van der Waals surface area contributed by atoms with Crippen molar-refractivity contribution >= 4 is 27.5 Å². The van der Waals surface area contributed by atoms with E-state index < -0.39 is 0 Å². The van der Waals surface area contributed by atoms with E-state index in [0.717, 1.165) is 23.1 Å². The Labute approximate surface area is 114 Å². The molecule has 0 radical (unpaired) electrons. The van der Waals surface area contributed by atoms with Crippen molar-refractivity contribution in [1.82, 2.24) is 14.6 Å². The zero-order valence-corrected chi connectivity index (χ0v) is 12.1. The van der Waals surface area contributed by atoms with Crippen LogP contribution in [-0.4, -0.2) is 32.9 Å². The molecule has 0 bridgehead atoms. The normalized spacial score (nSPS) is 12.0. The Kier molecular flexibility index (Phi) is 3.87. The molecule has 18 heavy (non-hydrogen) atoms. The van der Waals surface area contributed by atoms with Gasteiger partial charge in [0.25, 0.3) is 0 Å². The van der Waals surface area contributed by atoms with Crippen LogP contribution in [0.1, 0.15) is 20.3 Å². The summed E-state index contributed by atoms with van der Waals surface area (Å²) < 4.78 is 2.64. The Morgan fingerprint density at radius 3 is 2.94 bits per heavy atom. The standard InChI is InChI=1S/C12H17BrN4O/c1-12(2,5-7-18)8-14-11-15-10-9(13)4-3-6-17(10)16-11/h3-4,6,18H,5,7-8H2,1-2H3,(H,14,16). The van der Waals surface area contributed by atoms with Crippen LogP contribution in [-0.2, 0) is 0 Å². The zero-order chi connectivity index (χ0) is 13.2. The van der Waals surface area contributed by atoms with Crippen LogP contribution in [0.5, 0.6) is 0 Å². The molecule has 0 saturated carbocycles. The third-order valence-corrected chi connectivity index (χ3v) is 3.45. The number of nitrogens with zero attached hydrogens (tertiary/aromatic N) is 3. The molecule has 0 atom stereocenters. The first-order valence-electron chi connectivity index (χ1n) is 5.87. The van der Waals surface area contributed by atoms with E-state index in [4.69, 9.17) is 5.11 Å². The number of halogens is 1. The minimum absolute atomic E-state index is 0.0173. The SMILES string of the molecule is CC(C)(CCO)CNc1nc2c(Br)cccn2n1. The average Bonchev–Trinajstić information content (AvgIpc) is 2.71. The van der Waals surface area contributed by atoms with E-state index in [1.807, 2.05) is 18.3 Å². The molecule has 0 spiro atoms. The summed E-state index contributed by atoms with van der Waals surface area (Å²) in [5.41, 5.74) is 0.809. The van der Waals surface area contributed by atoms with E-state index in [9.17, 15) is 0 Å². The van der Waals surface area contributed by atoms with Gasteiger partial charge in [0.15, 0.2) is 5.65 Å². The van der Waals surface area contributed by atoms with Gasteiger partial charge in [-0.25, -0.2) is 4.52 Å². The van der Waals surface area contributed by atoms with Gasteiger partial charge in [-0.3, -0.25) is 0 Å². The highest BCUT2D eigenvalue weighted by molar-refractivity contribution is 9.10. The second kappa shape index (κ2) is 5.24. The van der Waals surface area contributed by atoms with Gasteiger partial charge in [-0.05, 0) is 39.9 Å². The summed E-state index contributed by atoms with van der Waals surface area (Å²) in [5.74, 6) is 0.605. The van der Waals surface area contributed by atoms with Gasteiger partial charge in [0, 0.05) is 19.3 Å². The molecule has 5 nitrogen and oxygen atoms in total. The number of hydrogen-bond donors (Lipinski definition) is 2. The number of hydrogen-bond acceptors (Lipinski definition) is 4. The lowest BCUT2D eigenvalue weighted by Gasteiger charge is -2.23. The molecule has 2 aromatic rings. The summed E-state index contributed by atoms with van der Waals surface area (Å²) in [6, 6.07) is 3.84. The van der Waals surface area contributed by atoms with E-state index in [1.54, 1.807) is 4.52 Å². The highest BCUT2D eigenvalue weighted by Crippen LogP contribution is 2.21. The van der Waals surface area contributed by atoms with Crippen molar-refractivity contribution in [2.45, 2.75) is 20.3 Å². The van der Waals surface area contributed by atoms with Crippen LogP contribution in [0.25, 0.3) is 5.65 Å². The van der Waals surface area contributed by atoms with Gasteiger partial charge in [0.05, 0.1) is 4.47 Å². The first kappa shape index (κ1) is 13.3. The van der Waals surface area contributed by atoms with Crippen molar-refractivity contribution in [2.24, 2.45) is 5.41 Å². The minimum atomic E-state index is 0.0173. The second-order valence-electron chi connectivity index (χ2n) is 5.05. The average molecular weight is 313 g/mol. The van der Waals surface area contributed by atoms with Gasteiger partial charge >= 0.3 is 0 Å². The fraction of sp³-hybridized carbons (Fsp3) is 0.500. The van der Waals surface area contributed by atoms with Crippen molar-refractivity contribution in [3.8, 4) is 0 Å². The van der Waals surface area contributed by atoms with Crippen molar-refractivity contribution in [1.29, 1.82) is 0 Å². The summed E-state index contributed by atoms with van der Waals surface area (Å²) >= 11 is 3.44. The van der Waals surface area contributed by atoms with Crippen LogP contribution in [0, 0.1) is 5.41 Å². The lowest BCUT2D eigenvalue weighted by molar-refractivity contribution is 0.220. The number of pyridine rings is 1. The summed E-state index contributed by atoms with van der Waals surface area (Å²) in [4.78, 5) is 4.41. The Bertz CT molecular complexity index is 538. The molecule has 0 aliphatic heterocycles. The third-order valence-electron chi connectivity index (χ3n) is 2.83. The highest BCUT2D eigenvalue weighted by Gasteiger charge is 2.17. The first-order chi connectivity index (χ1) is 8.52. The summed E-state index contributed by atoms with van der Waals surface area (Å²) in [5, 5.41) is 16.5. The largest absolute Gasteiger partial charge is 0.396 e. The molecule has 0 amide bonds. The Hall–Kier alpha value is -1.14. The van der Waals surface area contributed by atoms with Crippen molar-refractivity contribution < 1.29 is 5.11 Å². The minimum Gasteiger partial charge on any atom is -0.396 e. The molecule has 0 aromatic carbocycles. The second-order valence-corrected chi connectivity index (χ2v) is 5.91. The fourth-order valence-electron chi connectivity index (χ4n) is 1.66. The van der Waals surface area contributed by atoms with Gasteiger partial charge < -0.3 is 10.4 Å². The molecule has 2 aromatic heterocycles. The van der Waals surface area contributed by atoms with Crippen LogP contribution in [0.2, 0.25) is 0 Å². The maximum atomic E-state index is 8.98. The van der Waals surface area contributed by atoms with Gasteiger partial charge in [-0.2, -0.15) is 4.98 Å². The predicted octanol–water partition coefficient (Wildman–Crippen LogP) is 2.31. The Balaban J connectivity index is 2.11. The van der Waals surface area contributed by atoms with E-state index in [-0.39, 0.29) is 12.0 Å². The van der Waals surface area contributed by atoms with Crippen LogP contribution < -0.4 is 5.32 Å². The topological polar surface area (TPSA) is 62.5 Å². The van der Waals surface area contributed by atoms with E-state index in [0.29, 0.717) is 5.95 Å². The van der Waals surface area contributed by atoms with Gasteiger partial charge in [-0.1, -0.05) is 13.8 Å². The molecule has 6 heteroatoms. The van der Waals surface area contributed by atoms with Crippen LogP contribution in [0.15, 0.2) is 22.8 Å². The molecule has 2 heterocycles. The number of fused-ring (bicyclic) bond motifs is 1.